The van der Waals surface area contributed by atoms with Gasteiger partial charge in [0.1, 0.15) is 5.75 Å². The van der Waals surface area contributed by atoms with Gasteiger partial charge in [0.2, 0.25) is 0 Å². The number of phosphoric acid groups is 1. The van der Waals surface area contributed by atoms with Crippen LogP contribution in [0.4, 0.5) is 0 Å². The Balaban J connectivity index is 0.00000180. The first kappa shape index (κ1) is 16.3. The summed E-state index contributed by atoms with van der Waals surface area (Å²) in [6.07, 6.45) is 1.12. The number of rotatable bonds is 2. The largest absolute Gasteiger partial charge is 1.00 e. The number of carbonyl (C=O) groups is 2. The normalized spacial score (nSPS) is 14.4. The fraction of sp³-hybridized carbons (Fsp3) is 0.0909. The molecule has 1 aromatic rings. The van der Waals surface area contributed by atoms with Gasteiger partial charge < -0.3 is 5.95 Å². The number of hydrogen-bond acceptors (Lipinski definition) is 4. The van der Waals surface area contributed by atoms with Crippen LogP contribution in [0.15, 0.2) is 29.8 Å². The third-order valence-corrected chi connectivity index (χ3v) is 2.87. The zero-order valence-electron chi connectivity index (χ0n) is 11.3. The Morgan fingerprint density at radius 2 is 1.89 bits per heavy atom. The molecule has 2 N–H and O–H groups in total. The van der Waals surface area contributed by atoms with Crippen LogP contribution in [0, 0.1) is 0 Å². The molecule has 1 aliphatic rings. The fourth-order valence-corrected chi connectivity index (χ4v) is 2.13. The van der Waals surface area contributed by atoms with E-state index in [0.717, 1.165) is 6.08 Å². The summed E-state index contributed by atoms with van der Waals surface area (Å²) < 4.78 is 15.2. The molecule has 1 aromatic carbocycles. The zero-order chi connectivity index (χ0) is 13.5. The summed E-state index contributed by atoms with van der Waals surface area (Å²) in [5, 5.41) is 0. The molecule has 0 radical (unpaired) electrons. The first-order chi connectivity index (χ1) is 8.29. The van der Waals surface area contributed by atoms with Gasteiger partial charge in [-0.2, -0.15) is 0 Å². The Labute approximate surface area is 132 Å². The van der Waals surface area contributed by atoms with E-state index < -0.39 is 13.6 Å². The minimum absolute atomic E-state index is 0. The summed E-state index contributed by atoms with van der Waals surface area (Å²) in [7, 11) is -4.78. The minimum atomic E-state index is -4.78. The topological polar surface area (TPSA) is 101 Å². The predicted octanol–water partition coefficient (Wildman–Crippen LogP) is -1.40. The third kappa shape index (κ3) is 3.42. The molecule has 8 heteroatoms. The molecule has 0 saturated heterocycles. The van der Waals surface area contributed by atoms with E-state index >= 15 is 0 Å². The number of fused-ring (bicyclic) bond motifs is 1. The van der Waals surface area contributed by atoms with Crippen molar-refractivity contribution >= 4 is 19.4 Å². The smallest absolute Gasteiger partial charge is 1.00 e. The average molecular weight is 292 g/mol. The van der Waals surface area contributed by atoms with Crippen molar-refractivity contribution in [2.75, 3.05) is 0 Å². The Bertz CT molecular complexity index is 636. The molecule has 0 spiro atoms. The Morgan fingerprint density at radius 3 is 2.47 bits per heavy atom. The van der Waals surface area contributed by atoms with Crippen LogP contribution in [-0.2, 0) is 4.57 Å². The van der Waals surface area contributed by atoms with Crippen molar-refractivity contribution in [2.24, 2.45) is 0 Å². The summed E-state index contributed by atoms with van der Waals surface area (Å²) in [5.41, 5.74) is 0.253. The van der Waals surface area contributed by atoms with E-state index in [-0.39, 0.29) is 59.2 Å². The second-order valence-corrected chi connectivity index (χ2v) is 4.95. The van der Waals surface area contributed by atoms with Crippen LogP contribution < -0.4 is 34.1 Å². The monoisotopic (exact) mass is 292 g/mol. The maximum atomic E-state index is 11.8. The maximum Gasteiger partial charge on any atom is 1.00 e. The molecule has 96 valence electrons. The van der Waals surface area contributed by atoms with E-state index in [1.807, 2.05) is 0 Å². The molecule has 0 heterocycles. The van der Waals surface area contributed by atoms with Crippen LogP contribution in [0.1, 0.15) is 29.1 Å². The number of ketones is 2. The van der Waals surface area contributed by atoms with Crippen molar-refractivity contribution in [2.45, 2.75) is 6.92 Å². The van der Waals surface area contributed by atoms with E-state index in [0.29, 0.717) is 0 Å². The van der Waals surface area contributed by atoms with Crippen molar-refractivity contribution in [3.05, 3.63) is 41.0 Å². The zero-order valence-corrected chi connectivity index (χ0v) is 13.2. The molecule has 19 heavy (non-hydrogen) atoms. The number of allylic oxidation sites excluding steroid dienone is 2. The summed E-state index contributed by atoms with van der Waals surface area (Å²) in [6.45, 7) is 1.50. The molecule has 0 atom stereocenters. The van der Waals surface area contributed by atoms with Gasteiger partial charge in [0.25, 0.3) is 0 Å². The van der Waals surface area contributed by atoms with Gasteiger partial charge in [-0.15, -0.1) is 0 Å². The second-order valence-electron chi connectivity index (χ2n) is 3.78. The van der Waals surface area contributed by atoms with Gasteiger partial charge in [0, 0.05) is 11.1 Å². The number of Topliss-reactive ketones (excluding diaryl/α,β-unsaturated/α-hetero) is 1. The van der Waals surface area contributed by atoms with Crippen molar-refractivity contribution < 1.29 is 59.4 Å². The third-order valence-electron chi connectivity index (χ3n) is 2.44. The molecule has 0 fully saturated rings. The Kier molecular flexibility index (Phi) is 4.90. The van der Waals surface area contributed by atoms with E-state index in [9.17, 15) is 14.2 Å². The summed E-state index contributed by atoms with van der Waals surface area (Å²) in [4.78, 5) is 41.1. The SMILES string of the molecule is CC1=CC(=O)c2c(OP(=O)(O)O)cccc2C1=O.[H-].[Na+]. The molecule has 0 saturated carbocycles. The molecular weight excluding hydrogens is 282 g/mol. The molecule has 0 unspecified atom stereocenters. The molecule has 6 nitrogen and oxygen atoms in total. The van der Waals surface area contributed by atoms with Crippen LogP contribution in [0.5, 0.6) is 5.75 Å². The summed E-state index contributed by atoms with van der Waals surface area (Å²) in [5.74, 6) is -1.16. The number of phosphoric ester groups is 1. The van der Waals surface area contributed by atoms with Crippen LogP contribution >= 0.6 is 7.82 Å². The van der Waals surface area contributed by atoms with E-state index in [1.165, 1.54) is 25.1 Å². The van der Waals surface area contributed by atoms with Crippen LogP contribution in [-0.4, -0.2) is 21.4 Å². The first-order valence-corrected chi connectivity index (χ1v) is 6.48. The Hall–Kier alpha value is -0.750. The van der Waals surface area contributed by atoms with Crippen molar-refractivity contribution in [1.82, 2.24) is 0 Å². The number of hydrogen-bond donors (Lipinski definition) is 2. The number of carbonyl (C=O) groups excluding carboxylic acids is 2. The van der Waals surface area contributed by atoms with Gasteiger partial charge in [-0.1, -0.05) is 12.1 Å². The molecule has 1 aliphatic carbocycles. The van der Waals surface area contributed by atoms with Gasteiger partial charge in [0.15, 0.2) is 11.6 Å². The van der Waals surface area contributed by atoms with E-state index in [2.05, 4.69) is 4.52 Å². The molecule has 0 aliphatic heterocycles. The van der Waals surface area contributed by atoms with E-state index in [4.69, 9.17) is 9.79 Å². The standard InChI is InChI=1S/C11H9O6P.Na.H/c1-6-5-8(12)10-7(11(6)13)3-2-4-9(10)17-18(14,15)16;;/h2-5H,1H3,(H2,14,15,16);;/q;+1;-1. The summed E-state index contributed by atoms with van der Waals surface area (Å²) in [6, 6.07) is 4.05. The number of benzene rings is 1. The minimum Gasteiger partial charge on any atom is -1.00 e. The fourth-order valence-electron chi connectivity index (χ4n) is 1.73. The van der Waals surface area contributed by atoms with Crippen LogP contribution in [0.25, 0.3) is 0 Å². The van der Waals surface area contributed by atoms with Gasteiger partial charge >= 0.3 is 37.4 Å². The van der Waals surface area contributed by atoms with Gasteiger partial charge in [-0.05, 0) is 19.1 Å². The second kappa shape index (κ2) is 5.71. The first-order valence-electron chi connectivity index (χ1n) is 4.95. The van der Waals surface area contributed by atoms with Gasteiger partial charge in [0.05, 0.1) is 5.56 Å². The van der Waals surface area contributed by atoms with Crippen molar-refractivity contribution in [3.8, 4) is 5.75 Å². The molecular formula is C11H10NaO6P. The molecule has 2 rings (SSSR count). The van der Waals surface area contributed by atoms with Crippen molar-refractivity contribution in [1.29, 1.82) is 0 Å². The van der Waals surface area contributed by atoms with Crippen LogP contribution in [0.3, 0.4) is 0 Å². The average Bonchev–Trinajstić information content (AvgIpc) is 2.23. The molecule has 0 amide bonds. The quantitative estimate of drug-likeness (QED) is 0.513. The Morgan fingerprint density at radius 1 is 1.26 bits per heavy atom. The maximum absolute atomic E-state index is 11.8. The molecule has 0 aromatic heterocycles. The summed E-state index contributed by atoms with van der Waals surface area (Å²) >= 11 is 0. The van der Waals surface area contributed by atoms with Crippen molar-refractivity contribution in [3.63, 3.8) is 0 Å². The van der Waals surface area contributed by atoms with Crippen LogP contribution in [0.2, 0.25) is 0 Å². The van der Waals surface area contributed by atoms with Gasteiger partial charge in [-0.3, -0.25) is 19.4 Å². The van der Waals surface area contributed by atoms with Gasteiger partial charge in [-0.25, -0.2) is 4.57 Å². The van der Waals surface area contributed by atoms with E-state index in [1.54, 1.807) is 0 Å². The predicted molar refractivity (Wildman–Crippen MR) is 62.6 cm³/mol. The molecule has 0 bridgehead atoms.